The number of hydrazone groups is 1. The summed E-state index contributed by atoms with van der Waals surface area (Å²) in [6.45, 7) is 5.51. The molecule has 1 aliphatic heterocycles. The molecular weight excluding hydrogens is 242 g/mol. The Bertz CT molecular complexity index is 553. The monoisotopic (exact) mass is 259 g/mol. The Hall–Kier alpha value is -2.17. The van der Waals surface area contributed by atoms with Crippen molar-refractivity contribution in [3.8, 4) is 0 Å². The predicted molar refractivity (Wildman–Crippen MR) is 72.8 cm³/mol. The fourth-order valence-electron chi connectivity index (χ4n) is 1.86. The highest BCUT2D eigenvalue weighted by molar-refractivity contribution is 6.07. The number of amides is 3. The highest BCUT2D eigenvalue weighted by Gasteiger charge is 2.46. The molecule has 1 fully saturated rings. The molecule has 0 spiro atoms. The van der Waals surface area contributed by atoms with Gasteiger partial charge in [-0.1, -0.05) is 31.2 Å². The van der Waals surface area contributed by atoms with Crippen molar-refractivity contribution in [2.45, 2.75) is 32.7 Å². The molecule has 0 aromatic heterocycles. The summed E-state index contributed by atoms with van der Waals surface area (Å²) in [6, 6.07) is 7.17. The first kappa shape index (κ1) is 13.3. The summed E-state index contributed by atoms with van der Waals surface area (Å²) < 4.78 is 0. The lowest BCUT2D eigenvalue weighted by Gasteiger charge is -2.17. The first-order chi connectivity index (χ1) is 8.98. The van der Waals surface area contributed by atoms with E-state index >= 15 is 0 Å². The number of benzene rings is 1. The maximum atomic E-state index is 12.1. The number of nitrogens with one attached hydrogen (secondary N) is 1. The molecule has 0 unspecified atom stereocenters. The number of imide groups is 1. The van der Waals surface area contributed by atoms with E-state index in [1.807, 2.05) is 38.1 Å². The molecule has 0 aliphatic carbocycles. The molecule has 0 radical (unpaired) electrons. The molecule has 1 heterocycles. The van der Waals surface area contributed by atoms with Crippen LogP contribution in [0.5, 0.6) is 0 Å². The summed E-state index contributed by atoms with van der Waals surface area (Å²) >= 11 is 0. The van der Waals surface area contributed by atoms with Gasteiger partial charge in [0.1, 0.15) is 5.54 Å². The van der Waals surface area contributed by atoms with Crippen LogP contribution in [0.15, 0.2) is 29.4 Å². The van der Waals surface area contributed by atoms with E-state index in [-0.39, 0.29) is 5.91 Å². The van der Waals surface area contributed by atoms with Crippen molar-refractivity contribution >= 4 is 18.2 Å². The van der Waals surface area contributed by atoms with Crippen LogP contribution in [-0.4, -0.2) is 28.7 Å². The lowest BCUT2D eigenvalue weighted by atomic mass is 10.00. The molecule has 5 nitrogen and oxygen atoms in total. The quantitative estimate of drug-likeness (QED) is 0.667. The van der Waals surface area contributed by atoms with Crippen molar-refractivity contribution in [3.05, 3.63) is 35.4 Å². The Morgan fingerprint density at radius 1 is 1.37 bits per heavy atom. The largest absolute Gasteiger partial charge is 0.346 e. The molecule has 2 rings (SSSR count). The number of nitrogens with zero attached hydrogens (tertiary/aromatic N) is 2. The van der Waals surface area contributed by atoms with Crippen LogP contribution in [0, 0.1) is 6.92 Å². The van der Waals surface area contributed by atoms with Gasteiger partial charge < -0.3 is 5.32 Å². The van der Waals surface area contributed by atoms with Gasteiger partial charge in [0, 0.05) is 0 Å². The van der Waals surface area contributed by atoms with Crippen molar-refractivity contribution in [1.29, 1.82) is 0 Å². The Morgan fingerprint density at radius 3 is 2.63 bits per heavy atom. The van der Waals surface area contributed by atoms with Crippen LogP contribution in [-0.2, 0) is 4.79 Å². The molecule has 1 N–H and O–H groups in total. The van der Waals surface area contributed by atoms with Gasteiger partial charge in [-0.3, -0.25) is 4.79 Å². The van der Waals surface area contributed by atoms with Gasteiger partial charge in [-0.05, 0) is 31.4 Å². The van der Waals surface area contributed by atoms with E-state index in [2.05, 4.69) is 10.4 Å². The van der Waals surface area contributed by atoms with E-state index in [0.29, 0.717) is 6.42 Å². The van der Waals surface area contributed by atoms with Gasteiger partial charge in [-0.25, -0.2) is 4.79 Å². The number of rotatable bonds is 3. The second kappa shape index (κ2) is 4.84. The first-order valence-corrected chi connectivity index (χ1v) is 6.24. The average molecular weight is 259 g/mol. The van der Waals surface area contributed by atoms with Crippen molar-refractivity contribution in [2.75, 3.05) is 0 Å². The van der Waals surface area contributed by atoms with Crippen molar-refractivity contribution in [1.82, 2.24) is 10.3 Å². The van der Waals surface area contributed by atoms with E-state index in [0.717, 1.165) is 16.1 Å². The zero-order valence-corrected chi connectivity index (χ0v) is 11.3. The predicted octanol–water partition coefficient (Wildman–Crippen LogP) is 2.05. The van der Waals surface area contributed by atoms with Crippen LogP contribution in [0.25, 0.3) is 0 Å². The minimum Gasteiger partial charge on any atom is -0.322 e. The van der Waals surface area contributed by atoms with Gasteiger partial charge in [-0.2, -0.15) is 5.10 Å². The number of aryl methyl sites for hydroxylation is 1. The molecule has 0 saturated carbocycles. The van der Waals surface area contributed by atoms with Crippen molar-refractivity contribution in [3.63, 3.8) is 0 Å². The summed E-state index contributed by atoms with van der Waals surface area (Å²) in [5.74, 6) is -0.315. The molecule has 1 saturated heterocycles. The summed E-state index contributed by atoms with van der Waals surface area (Å²) in [7, 11) is 0. The lowest BCUT2D eigenvalue weighted by molar-refractivity contribution is -0.130. The Labute approximate surface area is 112 Å². The summed E-state index contributed by atoms with van der Waals surface area (Å²) in [6.07, 6.45) is 2.07. The van der Waals surface area contributed by atoms with Crippen molar-refractivity contribution in [2.24, 2.45) is 5.10 Å². The van der Waals surface area contributed by atoms with E-state index < -0.39 is 11.6 Å². The van der Waals surface area contributed by atoms with Crippen LogP contribution in [0.3, 0.4) is 0 Å². The first-order valence-electron chi connectivity index (χ1n) is 6.24. The van der Waals surface area contributed by atoms with Crippen LogP contribution in [0.2, 0.25) is 0 Å². The Balaban J connectivity index is 2.23. The maximum Gasteiger partial charge on any atom is 0.346 e. The highest BCUT2D eigenvalue weighted by atomic mass is 16.2. The highest BCUT2D eigenvalue weighted by Crippen LogP contribution is 2.20. The van der Waals surface area contributed by atoms with Crippen LogP contribution < -0.4 is 5.32 Å². The third-order valence-electron chi connectivity index (χ3n) is 3.45. The molecule has 1 aromatic rings. The van der Waals surface area contributed by atoms with Gasteiger partial charge in [-0.15, -0.1) is 5.01 Å². The van der Waals surface area contributed by atoms with E-state index in [9.17, 15) is 9.59 Å². The molecule has 1 atom stereocenters. The Morgan fingerprint density at radius 2 is 2.05 bits per heavy atom. The van der Waals surface area contributed by atoms with Crippen LogP contribution >= 0.6 is 0 Å². The maximum absolute atomic E-state index is 12.1. The van der Waals surface area contributed by atoms with Gasteiger partial charge in [0.15, 0.2) is 0 Å². The van der Waals surface area contributed by atoms with E-state index in [4.69, 9.17) is 0 Å². The third kappa shape index (κ3) is 2.36. The summed E-state index contributed by atoms with van der Waals surface area (Å²) in [4.78, 5) is 23.8. The minimum atomic E-state index is -0.847. The molecule has 3 amide bonds. The zero-order chi connectivity index (χ0) is 14.0. The summed E-state index contributed by atoms with van der Waals surface area (Å²) in [5, 5.41) is 7.56. The summed E-state index contributed by atoms with van der Waals surface area (Å²) in [5.41, 5.74) is 1.07. The number of carbonyl (C=O) groups is 2. The number of urea groups is 1. The third-order valence-corrected chi connectivity index (χ3v) is 3.45. The van der Waals surface area contributed by atoms with Gasteiger partial charge in [0.25, 0.3) is 5.91 Å². The van der Waals surface area contributed by atoms with Gasteiger partial charge >= 0.3 is 6.03 Å². The van der Waals surface area contributed by atoms with Gasteiger partial charge in [0.05, 0.1) is 6.21 Å². The van der Waals surface area contributed by atoms with Crippen LogP contribution in [0.1, 0.15) is 31.4 Å². The minimum absolute atomic E-state index is 0.315. The fraction of sp³-hybridized carbons (Fsp3) is 0.357. The van der Waals surface area contributed by atoms with E-state index in [1.54, 1.807) is 6.92 Å². The molecule has 5 heteroatoms. The molecule has 100 valence electrons. The van der Waals surface area contributed by atoms with Crippen molar-refractivity contribution < 1.29 is 9.59 Å². The molecular formula is C14H17N3O2. The molecule has 0 bridgehead atoms. The molecule has 1 aliphatic rings. The number of hydrogen-bond acceptors (Lipinski definition) is 3. The number of hydrogen-bond donors (Lipinski definition) is 1. The zero-order valence-electron chi connectivity index (χ0n) is 11.3. The second-order valence-electron chi connectivity index (χ2n) is 4.83. The second-order valence-corrected chi connectivity index (χ2v) is 4.83. The van der Waals surface area contributed by atoms with Crippen LogP contribution in [0.4, 0.5) is 4.79 Å². The average Bonchev–Trinajstić information content (AvgIpc) is 2.61. The standard InChI is InChI=1S/C14H17N3O2/c1-4-14(3)12(18)17(13(19)16-14)15-9-11-8-6-5-7-10(11)2/h5-9H,4H2,1-3H3,(H,16,19)/b15-9-/t14-/m0/s1. The van der Waals surface area contributed by atoms with E-state index in [1.165, 1.54) is 6.21 Å². The molecule has 1 aromatic carbocycles. The smallest absolute Gasteiger partial charge is 0.322 e. The topological polar surface area (TPSA) is 61.8 Å². The SMILES string of the molecule is CC[C@]1(C)NC(=O)N(/N=C\c2ccccc2C)C1=O. The van der Waals surface area contributed by atoms with Gasteiger partial charge in [0.2, 0.25) is 0 Å². The fourth-order valence-corrected chi connectivity index (χ4v) is 1.86. The normalized spacial score (nSPS) is 23.2. The lowest BCUT2D eigenvalue weighted by Crippen LogP contribution is -2.42. The molecule has 19 heavy (non-hydrogen) atoms. The Kier molecular flexibility index (Phi) is 3.38. The number of carbonyl (C=O) groups excluding carboxylic acids is 2.